The molecule has 0 atom stereocenters. The van der Waals surface area contributed by atoms with E-state index in [9.17, 15) is 4.79 Å². The highest BCUT2D eigenvalue weighted by Gasteiger charge is 2.27. The normalized spacial score (nSPS) is 13.1. The van der Waals surface area contributed by atoms with E-state index in [0.29, 0.717) is 42.9 Å². The van der Waals surface area contributed by atoms with Crippen LogP contribution in [0, 0.1) is 5.82 Å². The average Bonchev–Trinajstić information content (AvgIpc) is 3.34. The average molecular weight is 525 g/mol. The van der Waals surface area contributed by atoms with E-state index in [1.807, 2.05) is 48.5 Å². The zero-order valence-electron chi connectivity index (χ0n) is 19.2. The Kier molecular flexibility index (Phi) is 7.63. The van der Waals surface area contributed by atoms with E-state index in [-0.39, 0.29) is 18.1 Å². The Balaban J connectivity index is 1.56. The minimum absolute atomic E-state index is 0.0645. The van der Waals surface area contributed by atoms with Gasteiger partial charge in [0.15, 0.2) is 0 Å². The number of ether oxygens (including phenoxy) is 2. The van der Waals surface area contributed by atoms with Gasteiger partial charge in [0.05, 0.1) is 27.2 Å². The van der Waals surface area contributed by atoms with Gasteiger partial charge in [-0.25, -0.2) is 4.39 Å². The van der Waals surface area contributed by atoms with Crippen molar-refractivity contribution in [1.82, 2.24) is 4.90 Å². The number of aliphatic imine (C=N–C) groups is 1. The first-order chi connectivity index (χ1) is 16.5. The lowest BCUT2D eigenvalue weighted by Gasteiger charge is -2.21. The molecular formula is C27H26BrFN2O3. The molecule has 0 N–H and O–H groups in total. The molecule has 1 amide bonds. The molecule has 0 saturated carbocycles. The number of carbonyl (C=O) groups excluding carboxylic acids is 1. The maximum Gasteiger partial charge on any atom is 0.232 e. The summed E-state index contributed by atoms with van der Waals surface area (Å²) in [6.45, 7) is 0.985. The number of hydrogen-bond donors (Lipinski definition) is 0. The molecule has 1 aliphatic rings. The van der Waals surface area contributed by atoms with Crippen LogP contribution in [0.1, 0.15) is 22.3 Å². The summed E-state index contributed by atoms with van der Waals surface area (Å²) in [7, 11) is 3.23. The molecule has 1 heterocycles. The van der Waals surface area contributed by atoms with Crippen molar-refractivity contribution in [2.75, 3.05) is 27.3 Å². The van der Waals surface area contributed by atoms with Gasteiger partial charge in [-0.1, -0.05) is 40.2 Å². The summed E-state index contributed by atoms with van der Waals surface area (Å²) in [5.41, 5.74) is 3.08. The Morgan fingerprint density at radius 1 is 1.06 bits per heavy atom. The number of amidine groups is 1. The number of aryl methyl sites for hydroxylation is 1. The van der Waals surface area contributed by atoms with Crippen molar-refractivity contribution in [3.05, 3.63) is 93.2 Å². The topological polar surface area (TPSA) is 51.1 Å². The summed E-state index contributed by atoms with van der Waals surface area (Å²) in [6.07, 6.45) is 1.28. The number of hydrogen-bond acceptors (Lipinski definition) is 4. The molecule has 0 aromatic heterocycles. The number of benzene rings is 3. The maximum atomic E-state index is 15.0. The van der Waals surface area contributed by atoms with Crippen molar-refractivity contribution in [3.63, 3.8) is 0 Å². The van der Waals surface area contributed by atoms with Crippen LogP contribution in [-0.4, -0.2) is 44.0 Å². The first-order valence-electron chi connectivity index (χ1n) is 11.1. The molecule has 0 spiro atoms. The Hall–Kier alpha value is -3.19. The van der Waals surface area contributed by atoms with Crippen LogP contribution in [0.4, 0.5) is 4.39 Å². The fourth-order valence-corrected chi connectivity index (χ4v) is 4.57. The largest absolute Gasteiger partial charge is 0.497 e. The van der Waals surface area contributed by atoms with Crippen molar-refractivity contribution in [1.29, 1.82) is 0 Å². The molecule has 0 unspecified atom stereocenters. The van der Waals surface area contributed by atoms with Gasteiger partial charge < -0.3 is 9.47 Å². The summed E-state index contributed by atoms with van der Waals surface area (Å²) in [5.74, 6) is 1.67. The molecule has 3 aromatic carbocycles. The third-order valence-electron chi connectivity index (χ3n) is 5.90. The number of rotatable bonds is 8. The second-order valence-electron chi connectivity index (χ2n) is 8.00. The van der Waals surface area contributed by atoms with Crippen LogP contribution in [-0.2, 0) is 24.1 Å². The van der Waals surface area contributed by atoms with Crippen LogP contribution in [0.5, 0.6) is 11.5 Å². The van der Waals surface area contributed by atoms with Crippen LogP contribution in [0.15, 0.2) is 70.1 Å². The Labute approximate surface area is 207 Å². The van der Waals surface area contributed by atoms with Crippen molar-refractivity contribution in [2.24, 2.45) is 4.99 Å². The van der Waals surface area contributed by atoms with Gasteiger partial charge in [-0.05, 0) is 65.9 Å². The predicted molar refractivity (Wildman–Crippen MR) is 134 cm³/mol. The van der Waals surface area contributed by atoms with E-state index in [0.717, 1.165) is 27.1 Å². The molecule has 4 rings (SSSR count). The quantitative estimate of drug-likeness (QED) is 0.405. The first-order valence-corrected chi connectivity index (χ1v) is 11.9. The Bertz CT molecular complexity index is 1210. The zero-order chi connectivity index (χ0) is 24.1. The number of methoxy groups -OCH3 is 2. The van der Waals surface area contributed by atoms with Gasteiger partial charge in [0.25, 0.3) is 0 Å². The van der Waals surface area contributed by atoms with Crippen LogP contribution in [0.2, 0.25) is 0 Å². The molecule has 3 aromatic rings. The van der Waals surface area contributed by atoms with Gasteiger partial charge in [-0.15, -0.1) is 0 Å². The Morgan fingerprint density at radius 2 is 1.85 bits per heavy atom. The van der Waals surface area contributed by atoms with Gasteiger partial charge in [0.2, 0.25) is 5.91 Å². The standard InChI is InChI=1S/C27H26BrFN2O3/c1-33-21-10-6-18(7-11-21)16-26(32)31-15-14-30-27(31)23-4-3-5-24(29)22(23)12-8-19-17-20(28)9-13-25(19)34-2/h3-7,9-11,13,17H,8,12,14-16H2,1-2H3. The number of carbonyl (C=O) groups is 1. The second-order valence-corrected chi connectivity index (χ2v) is 8.91. The summed E-state index contributed by atoms with van der Waals surface area (Å²) in [4.78, 5) is 19.4. The molecule has 34 heavy (non-hydrogen) atoms. The predicted octanol–water partition coefficient (Wildman–Crippen LogP) is 5.22. The molecule has 1 aliphatic heterocycles. The van der Waals surface area contributed by atoms with E-state index < -0.39 is 0 Å². The van der Waals surface area contributed by atoms with E-state index in [2.05, 4.69) is 20.9 Å². The highest BCUT2D eigenvalue weighted by molar-refractivity contribution is 9.10. The molecule has 7 heteroatoms. The van der Waals surface area contributed by atoms with Crippen LogP contribution < -0.4 is 9.47 Å². The summed E-state index contributed by atoms with van der Waals surface area (Å²) >= 11 is 3.49. The molecular weight excluding hydrogens is 499 g/mol. The van der Waals surface area contributed by atoms with E-state index >= 15 is 4.39 Å². The minimum atomic E-state index is -0.302. The van der Waals surface area contributed by atoms with Gasteiger partial charge in [-0.2, -0.15) is 0 Å². The third kappa shape index (κ3) is 5.30. The van der Waals surface area contributed by atoms with Crippen molar-refractivity contribution in [3.8, 4) is 11.5 Å². The van der Waals surface area contributed by atoms with Gasteiger partial charge in [0.1, 0.15) is 23.2 Å². The van der Waals surface area contributed by atoms with E-state index in [1.165, 1.54) is 6.07 Å². The zero-order valence-corrected chi connectivity index (χ0v) is 20.8. The van der Waals surface area contributed by atoms with Crippen LogP contribution in [0.25, 0.3) is 0 Å². The fourth-order valence-electron chi connectivity index (χ4n) is 4.16. The molecule has 176 valence electrons. The third-order valence-corrected chi connectivity index (χ3v) is 6.40. The van der Waals surface area contributed by atoms with Crippen LogP contribution in [0.3, 0.4) is 0 Å². The monoisotopic (exact) mass is 524 g/mol. The molecule has 0 fully saturated rings. The van der Waals surface area contributed by atoms with Gasteiger partial charge in [0, 0.05) is 16.6 Å². The maximum absolute atomic E-state index is 15.0. The summed E-state index contributed by atoms with van der Waals surface area (Å²) < 4.78 is 26.6. The lowest BCUT2D eigenvalue weighted by molar-refractivity contribution is -0.126. The lowest BCUT2D eigenvalue weighted by atomic mass is 9.97. The fraction of sp³-hybridized carbons (Fsp3) is 0.259. The highest BCUT2D eigenvalue weighted by Crippen LogP contribution is 2.27. The molecule has 0 saturated heterocycles. The smallest absolute Gasteiger partial charge is 0.232 e. The summed E-state index contributed by atoms with van der Waals surface area (Å²) in [5, 5.41) is 0. The van der Waals surface area contributed by atoms with E-state index in [4.69, 9.17) is 9.47 Å². The van der Waals surface area contributed by atoms with Crippen molar-refractivity contribution < 1.29 is 18.7 Å². The minimum Gasteiger partial charge on any atom is -0.497 e. The SMILES string of the molecule is COc1ccc(CC(=O)N2CCN=C2c2cccc(F)c2CCc2cc(Br)ccc2OC)cc1. The Morgan fingerprint density at radius 3 is 2.59 bits per heavy atom. The summed E-state index contributed by atoms with van der Waals surface area (Å²) in [6, 6.07) is 18.2. The van der Waals surface area contributed by atoms with E-state index in [1.54, 1.807) is 25.2 Å². The van der Waals surface area contributed by atoms with Crippen molar-refractivity contribution >= 4 is 27.7 Å². The number of amides is 1. The molecule has 0 bridgehead atoms. The number of nitrogens with zero attached hydrogens (tertiary/aromatic N) is 2. The number of halogens is 2. The first kappa shape index (κ1) is 24.0. The molecule has 0 radical (unpaired) electrons. The highest BCUT2D eigenvalue weighted by atomic mass is 79.9. The van der Waals surface area contributed by atoms with Gasteiger partial charge in [-0.3, -0.25) is 14.7 Å². The second kappa shape index (κ2) is 10.8. The van der Waals surface area contributed by atoms with Crippen molar-refractivity contribution in [2.45, 2.75) is 19.3 Å². The molecule has 0 aliphatic carbocycles. The van der Waals surface area contributed by atoms with Crippen LogP contribution >= 0.6 is 15.9 Å². The lowest BCUT2D eigenvalue weighted by Crippen LogP contribution is -2.36. The van der Waals surface area contributed by atoms with Gasteiger partial charge >= 0.3 is 0 Å². The molecule has 5 nitrogen and oxygen atoms in total.